The monoisotopic (exact) mass is 293 g/mol. The maximum atomic E-state index is 6.07. The predicted octanol–water partition coefficient (Wildman–Crippen LogP) is 4.81. The van der Waals surface area contributed by atoms with Crippen LogP contribution in [0.4, 0.5) is 0 Å². The zero-order valence-electron chi connectivity index (χ0n) is 11.1. The van der Waals surface area contributed by atoms with Crippen molar-refractivity contribution in [2.75, 3.05) is 7.05 Å². The van der Waals surface area contributed by atoms with Crippen molar-refractivity contribution in [2.24, 2.45) is 0 Å². The lowest BCUT2D eigenvalue weighted by atomic mass is 9.98. The van der Waals surface area contributed by atoms with Crippen LogP contribution in [0.3, 0.4) is 0 Å². The Morgan fingerprint density at radius 2 is 1.89 bits per heavy atom. The molecule has 0 aromatic heterocycles. The molecule has 19 heavy (non-hydrogen) atoms. The summed E-state index contributed by atoms with van der Waals surface area (Å²) in [6.07, 6.45) is 0.901. The first-order chi connectivity index (χ1) is 9.10. The fraction of sp³-hybridized carbons (Fsp3) is 0.250. The van der Waals surface area contributed by atoms with Crippen molar-refractivity contribution in [3.05, 3.63) is 69.2 Å². The van der Waals surface area contributed by atoms with Crippen LogP contribution < -0.4 is 5.32 Å². The van der Waals surface area contributed by atoms with Crippen molar-refractivity contribution in [1.29, 1.82) is 0 Å². The van der Waals surface area contributed by atoms with E-state index in [0.717, 1.165) is 22.0 Å². The fourth-order valence-electron chi connectivity index (χ4n) is 2.17. The van der Waals surface area contributed by atoms with E-state index in [2.05, 4.69) is 23.5 Å². The van der Waals surface area contributed by atoms with Gasteiger partial charge in [-0.15, -0.1) is 0 Å². The first-order valence-electron chi connectivity index (χ1n) is 6.28. The van der Waals surface area contributed by atoms with Gasteiger partial charge in [-0.3, -0.25) is 0 Å². The largest absolute Gasteiger partial charge is 0.313 e. The molecule has 3 heteroatoms. The van der Waals surface area contributed by atoms with Crippen LogP contribution in [0.25, 0.3) is 0 Å². The van der Waals surface area contributed by atoms with Gasteiger partial charge in [0, 0.05) is 16.1 Å². The molecule has 100 valence electrons. The standard InChI is InChI=1S/C16H17Cl2N/c1-11-8-13(6-7-15(11)18)16(19-2)10-12-4-3-5-14(17)9-12/h3-9,16,19H,10H2,1-2H3. The number of likely N-dealkylation sites (N-methyl/N-ethyl adjacent to an activating group) is 1. The minimum Gasteiger partial charge on any atom is -0.313 e. The van der Waals surface area contributed by atoms with E-state index in [1.165, 1.54) is 11.1 Å². The van der Waals surface area contributed by atoms with Gasteiger partial charge < -0.3 is 5.32 Å². The van der Waals surface area contributed by atoms with Gasteiger partial charge in [0.2, 0.25) is 0 Å². The third kappa shape index (κ3) is 3.73. The van der Waals surface area contributed by atoms with Crippen molar-refractivity contribution in [1.82, 2.24) is 5.32 Å². The molecule has 0 heterocycles. The van der Waals surface area contributed by atoms with Crippen LogP contribution in [0.2, 0.25) is 10.0 Å². The smallest absolute Gasteiger partial charge is 0.0435 e. The molecule has 0 amide bonds. The Morgan fingerprint density at radius 3 is 2.53 bits per heavy atom. The molecule has 1 nitrogen and oxygen atoms in total. The van der Waals surface area contributed by atoms with E-state index in [1.54, 1.807) is 0 Å². The normalized spacial score (nSPS) is 12.4. The molecule has 0 bridgehead atoms. The summed E-state index contributed by atoms with van der Waals surface area (Å²) >= 11 is 12.1. The third-order valence-corrected chi connectivity index (χ3v) is 3.92. The Hall–Kier alpha value is -1.02. The highest BCUT2D eigenvalue weighted by Crippen LogP contribution is 2.24. The summed E-state index contributed by atoms with van der Waals surface area (Å²) in [7, 11) is 1.97. The minimum absolute atomic E-state index is 0.259. The summed E-state index contributed by atoms with van der Waals surface area (Å²) in [6.45, 7) is 2.03. The quantitative estimate of drug-likeness (QED) is 0.853. The van der Waals surface area contributed by atoms with Crippen molar-refractivity contribution in [3.8, 4) is 0 Å². The molecule has 1 atom stereocenters. The first kappa shape index (κ1) is 14.4. The summed E-state index contributed by atoms with van der Waals surface area (Å²) in [4.78, 5) is 0. The molecular weight excluding hydrogens is 277 g/mol. The molecule has 1 N–H and O–H groups in total. The number of nitrogens with one attached hydrogen (secondary N) is 1. The van der Waals surface area contributed by atoms with Crippen LogP contribution in [-0.4, -0.2) is 7.05 Å². The van der Waals surface area contributed by atoms with E-state index in [-0.39, 0.29) is 6.04 Å². The minimum atomic E-state index is 0.259. The number of aryl methyl sites for hydroxylation is 1. The Morgan fingerprint density at radius 1 is 1.11 bits per heavy atom. The van der Waals surface area contributed by atoms with E-state index < -0.39 is 0 Å². The summed E-state index contributed by atoms with van der Waals surface area (Å²) in [5, 5.41) is 4.93. The van der Waals surface area contributed by atoms with Crippen molar-refractivity contribution in [2.45, 2.75) is 19.4 Å². The molecular formula is C16H17Cl2N. The molecule has 0 aliphatic carbocycles. The maximum absolute atomic E-state index is 6.07. The molecule has 0 spiro atoms. The summed E-state index contributed by atoms with van der Waals surface area (Å²) in [5.41, 5.74) is 3.56. The summed E-state index contributed by atoms with van der Waals surface area (Å²) < 4.78 is 0. The fourth-order valence-corrected chi connectivity index (χ4v) is 2.50. The molecule has 0 saturated carbocycles. The lowest BCUT2D eigenvalue weighted by molar-refractivity contribution is 0.592. The van der Waals surface area contributed by atoms with Gasteiger partial charge in [-0.2, -0.15) is 0 Å². The highest BCUT2D eigenvalue weighted by Gasteiger charge is 2.11. The number of hydrogen-bond donors (Lipinski definition) is 1. The van der Waals surface area contributed by atoms with Gasteiger partial charge in [-0.1, -0.05) is 47.5 Å². The lowest BCUT2D eigenvalue weighted by Gasteiger charge is -2.18. The molecule has 0 saturated heterocycles. The SMILES string of the molecule is CNC(Cc1cccc(Cl)c1)c1ccc(Cl)c(C)c1. The zero-order valence-corrected chi connectivity index (χ0v) is 12.6. The van der Waals surface area contributed by atoms with Gasteiger partial charge in [0.25, 0.3) is 0 Å². The first-order valence-corrected chi connectivity index (χ1v) is 7.03. The molecule has 0 fully saturated rings. The second-order valence-electron chi connectivity index (χ2n) is 4.68. The molecule has 0 aliphatic rings. The van der Waals surface area contributed by atoms with Crippen LogP contribution in [0, 0.1) is 6.92 Å². The summed E-state index contributed by atoms with van der Waals surface area (Å²) in [5.74, 6) is 0. The highest BCUT2D eigenvalue weighted by molar-refractivity contribution is 6.31. The third-order valence-electron chi connectivity index (χ3n) is 3.26. The highest BCUT2D eigenvalue weighted by atomic mass is 35.5. The van der Waals surface area contributed by atoms with Gasteiger partial charge in [-0.05, 0) is 55.3 Å². The van der Waals surface area contributed by atoms with E-state index in [0.29, 0.717) is 0 Å². The second-order valence-corrected chi connectivity index (χ2v) is 5.53. The molecule has 1 unspecified atom stereocenters. The Kier molecular flexibility index (Phi) is 4.87. The van der Waals surface area contributed by atoms with E-state index in [1.807, 2.05) is 38.2 Å². The van der Waals surface area contributed by atoms with Crippen LogP contribution >= 0.6 is 23.2 Å². The molecule has 2 aromatic carbocycles. The average molecular weight is 294 g/mol. The van der Waals surface area contributed by atoms with Crippen LogP contribution in [0.1, 0.15) is 22.7 Å². The van der Waals surface area contributed by atoms with Crippen LogP contribution in [-0.2, 0) is 6.42 Å². The maximum Gasteiger partial charge on any atom is 0.0435 e. The summed E-state index contributed by atoms with van der Waals surface area (Å²) in [6, 6.07) is 14.4. The zero-order chi connectivity index (χ0) is 13.8. The van der Waals surface area contributed by atoms with Crippen molar-refractivity contribution < 1.29 is 0 Å². The number of hydrogen-bond acceptors (Lipinski definition) is 1. The van der Waals surface area contributed by atoms with E-state index in [4.69, 9.17) is 23.2 Å². The van der Waals surface area contributed by atoms with E-state index >= 15 is 0 Å². The predicted molar refractivity (Wildman–Crippen MR) is 83.1 cm³/mol. The molecule has 0 aliphatic heterocycles. The molecule has 2 rings (SSSR count). The van der Waals surface area contributed by atoms with Gasteiger partial charge >= 0.3 is 0 Å². The Balaban J connectivity index is 2.22. The Labute approximate surface area is 124 Å². The number of benzene rings is 2. The van der Waals surface area contributed by atoms with Crippen molar-refractivity contribution >= 4 is 23.2 Å². The van der Waals surface area contributed by atoms with Crippen LogP contribution in [0.15, 0.2) is 42.5 Å². The number of rotatable bonds is 4. The molecule has 0 radical (unpaired) electrons. The second kappa shape index (κ2) is 6.42. The van der Waals surface area contributed by atoms with Gasteiger partial charge in [0.15, 0.2) is 0 Å². The lowest BCUT2D eigenvalue weighted by Crippen LogP contribution is -2.18. The Bertz CT molecular complexity index is 566. The molecule has 2 aromatic rings. The van der Waals surface area contributed by atoms with Gasteiger partial charge in [0.05, 0.1) is 0 Å². The van der Waals surface area contributed by atoms with Gasteiger partial charge in [0.1, 0.15) is 0 Å². The average Bonchev–Trinajstić information content (AvgIpc) is 2.39. The van der Waals surface area contributed by atoms with Gasteiger partial charge in [-0.25, -0.2) is 0 Å². The van der Waals surface area contributed by atoms with Crippen LogP contribution in [0.5, 0.6) is 0 Å². The van der Waals surface area contributed by atoms with E-state index in [9.17, 15) is 0 Å². The van der Waals surface area contributed by atoms with Crippen molar-refractivity contribution in [3.63, 3.8) is 0 Å². The number of halogens is 2. The topological polar surface area (TPSA) is 12.0 Å².